The van der Waals surface area contributed by atoms with Gasteiger partial charge in [-0.25, -0.2) is 4.98 Å². The Morgan fingerprint density at radius 3 is 2.58 bits per heavy atom. The fourth-order valence-electron chi connectivity index (χ4n) is 4.34. The van der Waals surface area contributed by atoms with Crippen LogP contribution in [0.2, 0.25) is 0 Å². The second kappa shape index (κ2) is 8.53. The Bertz CT molecular complexity index is 1110. The van der Waals surface area contributed by atoms with Gasteiger partial charge in [0.1, 0.15) is 0 Å². The zero-order valence-corrected chi connectivity index (χ0v) is 18.3. The fraction of sp³-hybridized carbons (Fsp3) is 0.435. The van der Waals surface area contributed by atoms with Crippen LogP contribution in [0.15, 0.2) is 52.8 Å². The van der Waals surface area contributed by atoms with Gasteiger partial charge in [0.15, 0.2) is 4.96 Å². The van der Waals surface area contributed by atoms with Crippen LogP contribution in [-0.4, -0.2) is 64.4 Å². The maximum atomic E-state index is 12.5. The number of fused-ring (bicyclic) bond motifs is 1. The van der Waals surface area contributed by atoms with Crippen LogP contribution in [0.1, 0.15) is 24.1 Å². The van der Waals surface area contributed by atoms with Crippen LogP contribution in [0, 0.1) is 0 Å². The van der Waals surface area contributed by atoms with Gasteiger partial charge in [-0.3, -0.25) is 23.8 Å². The second-order valence-electron chi connectivity index (χ2n) is 8.62. The molecule has 0 spiro atoms. The number of benzene rings is 1. The molecule has 1 aromatic carbocycles. The molecule has 1 aliphatic carbocycles. The van der Waals surface area contributed by atoms with Crippen molar-refractivity contribution in [1.82, 2.24) is 24.5 Å². The van der Waals surface area contributed by atoms with E-state index in [0.29, 0.717) is 13.1 Å². The third-order valence-electron chi connectivity index (χ3n) is 6.44. The van der Waals surface area contributed by atoms with E-state index in [2.05, 4.69) is 44.4 Å². The number of carbonyl (C=O) groups excluding carboxylic acids is 1. The van der Waals surface area contributed by atoms with Crippen molar-refractivity contribution in [3.05, 3.63) is 69.6 Å². The zero-order chi connectivity index (χ0) is 21.3. The highest BCUT2D eigenvalue weighted by Crippen LogP contribution is 2.47. The van der Waals surface area contributed by atoms with E-state index in [4.69, 9.17) is 0 Å². The Balaban J connectivity index is 1.08. The first kappa shape index (κ1) is 20.4. The summed E-state index contributed by atoms with van der Waals surface area (Å²) in [5, 5.41) is 5.04. The van der Waals surface area contributed by atoms with Crippen LogP contribution in [0.3, 0.4) is 0 Å². The summed E-state index contributed by atoms with van der Waals surface area (Å²) in [6.45, 7) is 5.26. The first-order chi connectivity index (χ1) is 15.1. The molecule has 1 aliphatic heterocycles. The maximum absolute atomic E-state index is 12.5. The Hall–Kier alpha value is -2.55. The average molecular weight is 438 g/mol. The molecule has 1 saturated carbocycles. The van der Waals surface area contributed by atoms with Crippen LogP contribution in [0.4, 0.5) is 0 Å². The molecule has 8 heteroatoms. The van der Waals surface area contributed by atoms with Gasteiger partial charge in [-0.15, -0.1) is 11.3 Å². The zero-order valence-electron chi connectivity index (χ0n) is 17.5. The fourth-order valence-corrected chi connectivity index (χ4v) is 5.08. The molecule has 1 amide bonds. The van der Waals surface area contributed by atoms with Crippen molar-refractivity contribution in [3.63, 3.8) is 0 Å². The lowest BCUT2D eigenvalue weighted by atomic mass is 9.96. The molecular formula is C23H27N5O2S. The topological polar surface area (TPSA) is 70.0 Å². The summed E-state index contributed by atoms with van der Waals surface area (Å²) in [7, 11) is 0. The third-order valence-corrected chi connectivity index (χ3v) is 7.19. The van der Waals surface area contributed by atoms with Crippen LogP contribution in [0.5, 0.6) is 0 Å². The number of hydrogen-bond donors (Lipinski definition) is 1. The largest absolute Gasteiger partial charge is 0.354 e. The number of hydrogen-bond acceptors (Lipinski definition) is 6. The van der Waals surface area contributed by atoms with Gasteiger partial charge in [-0.05, 0) is 18.4 Å². The van der Waals surface area contributed by atoms with Crippen LogP contribution in [0.25, 0.3) is 4.96 Å². The summed E-state index contributed by atoms with van der Waals surface area (Å²) >= 11 is 1.47. The summed E-state index contributed by atoms with van der Waals surface area (Å²) in [6, 6.07) is 12.1. The van der Waals surface area contributed by atoms with Gasteiger partial charge < -0.3 is 5.32 Å². The van der Waals surface area contributed by atoms with E-state index in [1.54, 1.807) is 16.7 Å². The van der Waals surface area contributed by atoms with E-state index < -0.39 is 0 Å². The molecule has 1 N–H and O–H groups in total. The second-order valence-corrected chi connectivity index (χ2v) is 9.49. The van der Waals surface area contributed by atoms with E-state index in [0.717, 1.165) is 56.2 Å². The van der Waals surface area contributed by atoms with Gasteiger partial charge in [-0.2, -0.15) is 0 Å². The highest BCUT2D eigenvalue weighted by atomic mass is 32.1. The van der Waals surface area contributed by atoms with E-state index in [9.17, 15) is 9.59 Å². The van der Waals surface area contributed by atoms with E-state index in [-0.39, 0.29) is 16.9 Å². The predicted molar refractivity (Wildman–Crippen MR) is 121 cm³/mol. The Kier molecular flexibility index (Phi) is 5.60. The van der Waals surface area contributed by atoms with Crippen molar-refractivity contribution in [2.45, 2.75) is 24.8 Å². The molecule has 3 heterocycles. The molecule has 3 aromatic rings. The van der Waals surface area contributed by atoms with Gasteiger partial charge in [-0.1, -0.05) is 30.3 Å². The molecule has 2 aromatic heterocycles. The normalized spacial score (nSPS) is 18.8. The predicted octanol–water partition coefficient (Wildman–Crippen LogP) is 1.72. The van der Waals surface area contributed by atoms with Crippen molar-refractivity contribution in [2.24, 2.45) is 0 Å². The summed E-state index contributed by atoms with van der Waals surface area (Å²) in [5.41, 5.74) is 2.26. The minimum Gasteiger partial charge on any atom is -0.354 e. The van der Waals surface area contributed by atoms with Gasteiger partial charge in [0.2, 0.25) is 5.91 Å². The van der Waals surface area contributed by atoms with Gasteiger partial charge >= 0.3 is 0 Å². The monoisotopic (exact) mass is 437 g/mol. The van der Waals surface area contributed by atoms with Crippen molar-refractivity contribution in [1.29, 1.82) is 0 Å². The molecule has 5 rings (SSSR count). The van der Waals surface area contributed by atoms with E-state index in [1.165, 1.54) is 16.9 Å². The molecule has 7 nitrogen and oxygen atoms in total. The SMILES string of the molecule is O=C(CN1CCN(Cc2cc(=O)n3ccsc3n2)CC1)NCC1(c2ccccc2)CC1. The highest BCUT2D eigenvalue weighted by Gasteiger charge is 2.44. The Morgan fingerprint density at radius 2 is 1.84 bits per heavy atom. The maximum Gasteiger partial charge on any atom is 0.258 e. The van der Waals surface area contributed by atoms with Crippen molar-refractivity contribution >= 4 is 22.2 Å². The molecule has 0 radical (unpaired) electrons. The molecule has 31 heavy (non-hydrogen) atoms. The third kappa shape index (κ3) is 4.56. The molecule has 2 aliphatic rings. The number of nitrogens with zero attached hydrogens (tertiary/aromatic N) is 4. The standard InChI is InChI=1S/C23H27N5O2S/c29-20(24-17-23(6-7-23)18-4-2-1-3-5-18)16-27-10-8-26(9-11-27)15-19-14-21(30)28-12-13-31-22(28)25-19/h1-5,12-14H,6-11,15-17H2,(H,24,29). The van der Waals surface area contributed by atoms with Gasteiger partial charge in [0, 0.05) is 62.3 Å². The smallest absolute Gasteiger partial charge is 0.258 e. The first-order valence-electron chi connectivity index (χ1n) is 10.8. The number of nitrogens with one attached hydrogen (secondary N) is 1. The molecule has 0 bridgehead atoms. The van der Waals surface area contributed by atoms with Crippen molar-refractivity contribution in [3.8, 4) is 0 Å². The molecule has 2 fully saturated rings. The number of piperazine rings is 1. The number of rotatable bonds is 7. The average Bonchev–Trinajstić information content (AvgIpc) is 3.43. The van der Waals surface area contributed by atoms with E-state index in [1.807, 2.05) is 11.4 Å². The van der Waals surface area contributed by atoms with Crippen molar-refractivity contribution in [2.75, 3.05) is 39.3 Å². The Labute approximate surface area is 185 Å². The minimum absolute atomic E-state index is 0.0273. The number of amides is 1. The van der Waals surface area contributed by atoms with Gasteiger partial charge in [0.25, 0.3) is 5.56 Å². The lowest BCUT2D eigenvalue weighted by molar-refractivity contribution is -0.122. The quantitative estimate of drug-likeness (QED) is 0.610. The molecule has 0 unspecified atom stereocenters. The first-order valence-corrected chi connectivity index (χ1v) is 11.7. The molecular weight excluding hydrogens is 410 g/mol. The van der Waals surface area contributed by atoms with Crippen LogP contribution < -0.4 is 10.9 Å². The summed E-state index contributed by atoms with van der Waals surface area (Å²) in [6.07, 6.45) is 4.05. The minimum atomic E-state index is -0.0273. The van der Waals surface area contributed by atoms with Crippen LogP contribution >= 0.6 is 11.3 Å². The number of thiazole rings is 1. The Morgan fingerprint density at radius 1 is 1.10 bits per heavy atom. The van der Waals surface area contributed by atoms with Gasteiger partial charge in [0.05, 0.1) is 12.2 Å². The van der Waals surface area contributed by atoms with Crippen LogP contribution in [-0.2, 0) is 16.8 Å². The number of carbonyl (C=O) groups is 1. The highest BCUT2D eigenvalue weighted by molar-refractivity contribution is 7.15. The lowest BCUT2D eigenvalue weighted by Gasteiger charge is -2.34. The van der Waals surface area contributed by atoms with E-state index >= 15 is 0 Å². The molecule has 0 atom stereocenters. The lowest BCUT2D eigenvalue weighted by Crippen LogP contribution is -2.49. The van der Waals surface area contributed by atoms with Crippen molar-refractivity contribution < 1.29 is 4.79 Å². The summed E-state index contributed by atoms with van der Waals surface area (Å²) < 4.78 is 1.58. The summed E-state index contributed by atoms with van der Waals surface area (Å²) in [5.74, 6) is 0.105. The summed E-state index contributed by atoms with van der Waals surface area (Å²) in [4.78, 5) is 34.5. The number of aromatic nitrogens is 2. The molecule has 162 valence electrons. The molecule has 1 saturated heterocycles.